The third-order valence-electron chi connectivity index (χ3n) is 4.30. The van der Waals surface area contributed by atoms with Gasteiger partial charge in [-0.2, -0.15) is 0 Å². The average molecular weight is 328 g/mol. The van der Waals surface area contributed by atoms with Crippen LogP contribution < -0.4 is 5.32 Å². The lowest BCUT2D eigenvalue weighted by atomic mass is 10.00. The van der Waals surface area contributed by atoms with E-state index in [2.05, 4.69) is 22.3 Å². The van der Waals surface area contributed by atoms with Gasteiger partial charge in [0.25, 0.3) is 5.91 Å². The Bertz CT molecular complexity index is 720. The fraction of sp³-hybridized carbons (Fsp3) is 0.316. The molecule has 2 aromatic rings. The Morgan fingerprint density at radius 1 is 1.17 bits per heavy atom. The second-order valence-electron chi connectivity index (χ2n) is 6.10. The highest BCUT2D eigenvalue weighted by atomic mass is 19.1. The summed E-state index contributed by atoms with van der Waals surface area (Å²) in [5.74, 6) is -1.06. The number of halogens is 1. The molecule has 0 aromatic heterocycles. The number of fused-ring (bicyclic) bond motifs is 1. The van der Waals surface area contributed by atoms with Crippen LogP contribution in [0.25, 0.3) is 0 Å². The molecule has 1 heterocycles. The van der Waals surface area contributed by atoms with Crippen molar-refractivity contribution < 1.29 is 14.3 Å². The number of carbonyl (C=O) groups excluding carboxylic acids is 1. The Morgan fingerprint density at radius 2 is 1.88 bits per heavy atom. The van der Waals surface area contributed by atoms with Crippen molar-refractivity contribution in [3.8, 4) is 0 Å². The maximum atomic E-state index is 13.5. The summed E-state index contributed by atoms with van der Waals surface area (Å²) in [4.78, 5) is 14.1. The Hall–Kier alpha value is -2.24. The number of aliphatic hydroxyl groups excluding tert-OH is 1. The lowest BCUT2D eigenvalue weighted by Gasteiger charge is -2.30. The van der Waals surface area contributed by atoms with E-state index >= 15 is 0 Å². The molecule has 0 saturated heterocycles. The van der Waals surface area contributed by atoms with Crippen molar-refractivity contribution in [1.29, 1.82) is 0 Å². The molecule has 1 unspecified atom stereocenters. The number of nitrogens with one attached hydrogen (secondary N) is 1. The number of rotatable bonds is 5. The molecule has 1 aliphatic rings. The highest BCUT2D eigenvalue weighted by molar-refractivity contribution is 5.94. The van der Waals surface area contributed by atoms with E-state index in [1.807, 2.05) is 12.1 Å². The molecule has 0 radical (unpaired) electrons. The number of hydrogen-bond donors (Lipinski definition) is 2. The first-order valence-electron chi connectivity index (χ1n) is 8.13. The monoisotopic (exact) mass is 328 g/mol. The van der Waals surface area contributed by atoms with Gasteiger partial charge in [-0.05, 0) is 29.7 Å². The van der Waals surface area contributed by atoms with Crippen LogP contribution in [0.4, 0.5) is 4.39 Å². The van der Waals surface area contributed by atoms with E-state index in [0.717, 1.165) is 19.5 Å². The number of aliphatic hydroxyl groups is 1. The quantitative estimate of drug-likeness (QED) is 0.882. The van der Waals surface area contributed by atoms with Gasteiger partial charge in [-0.1, -0.05) is 36.4 Å². The first kappa shape index (κ1) is 16.6. The van der Waals surface area contributed by atoms with Gasteiger partial charge in [-0.15, -0.1) is 0 Å². The van der Waals surface area contributed by atoms with Crippen molar-refractivity contribution in [3.63, 3.8) is 0 Å². The van der Waals surface area contributed by atoms with Crippen LogP contribution in [-0.2, 0) is 13.0 Å². The summed E-state index contributed by atoms with van der Waals surface area (Å²) < 4.78 is 13.5. The first-order valence-corrected chi connectivity index (χ1v) is 8.13. The van der Waals surface area contributed by atoms with Crippen molar-refractivity contribution in [2.45, 2.75) is 19.1 Å². The van der Waals surface area contributed by atoms with Crippen LogP contribution in [-0.4, -0.2) is 41.7 Å². The van der Waals surface area contributed by atoms with E-state index in [9.17, 15) is 14.3 Å². The number of hydrogen-bond acceptors (Lipinski definition) is 3. The summed E-state index contributed by atoms with van der Waals surface area (Å²) in [6, 6.07) is 14.1. The van der Waals surface area contributed by atoms with Crippen molar-refractivity contribution in [2.75, 3.05) is 19.6 Å². The number of amides is 1. The topological polar surface area (TPSA) is 52.6 Å². The molecule has 0 aliphatic carbocycles. The molecule has 126 valence electrons. The Kier molecular flexibility index (Phi) is 5.23. The van der Waals surface area contributed by atoms with Crippen LogP contribution in [0.2, 0.25) is 0 Å². The predicted molar refractivity (Wildman–Crippen MR) is 90.2 cm³/mol. The zero-order chi connectivity index (χ0) is 16.9. The van der Waals surface area contributed by atoms with Gasteiger partial charge in [0, 0.05) is 26.2 Å². The van der Waals surface area contributed by atoms with Gasteiger partial charge in [0.05, 0.1) is 11.7 Å². The van der Waals surface area contributed by atoms with Crippen molar-refractivity contribution in [2.24, 2.45) is 0 Å². The van der Waals surface area contributed by atoms with E-state index < -0.39 is 17.8 Å². The smallest absolute Gasteiger partial charge is 0.254 e. The molecule has 0 fully saturated rings. The molecule has 24 heavy (non-hydrogen) atoms. The highest BCUT2D eigenvalue weighted by Crippen LogP contribution is 2.18. The minimum atomic E-state index is -0.689. The minimum Gasteiger partial charge on any atom is -0.390 e. The molecule has 2 N–H and O–H groups in total. The summed E-state index contributed by atoms with van der Waals surface area (Å²) >= 11 is 0. The summed E-state index contributed by atoms with van der Waals surface area (Å²) in [6.45, 7) is 2.26. The Balaban J connectivity index is 1.49. The molecule has 0 saturated carbocycles. The van der Waals surface area contributed by atoms with Gasteiger partial charge >= 0.3 is 0 Å². The second kappa shape index (κ2) is 7.55. The maximum Gasteiger partial charge on any atom is 0.254 e. The Morgan fingerprint density at radius 3 is 2.67 bits per heavy atom. The normalized spacial score (nSPS) is 15.6. The fourth-order valence-electron chi connectivity index (χ4n) is 3.02. The standard InChI is InChI=1S/C19H21FN2O2/c20-18-8-4-3-7-17(18)19(24)21-11-16(23)13-22-10-9-14-5-1-2-6-15(14)12-22/h1-8,16,23H,9-13H2,(H,21,24). The average Bonchev–Trinajstić information content (AvgIpc) is 2.60. The lowest BCUT2D eigenvalue weighted by Crippen LogP contribution is -2.42. The summed E-state index contributed by atoms with van der Waals surface area (Å²) in [5.41, 5.74) is 2.64. The summed E-state index contributed by atoms with van der Waals surface area (Å²) in [6.07, 6.45) is 0.274. The van der Waals surface area contributed by atoms with Crippen molar-refractivity contribution >= 4 is 5.91 Å². The molecule has 0 spiro atoms. The SMILES string of the molecule is O=C(NCC(O)CN1CCc2ccccc2C1)c1ccccc1F. The molecule has 0 bridgehead atoms. The maximum absolute atomic E-state index is 13.5. The van der Waals surface area contributed by atoms with Crippen LogP contribution >= 0.6 is 0 Å². The molecule has 4 nitrogen and oxygen atoms in total. The van der Waals surface area contributed by atoms with Crippen LogP contribution in [0.5, 0.6) is 0 Å². The largest absolute Gasteiger partial charge is 0.390 e. The zero-order valence-electron chi connectivity index (χ0n) is 13.4. The van der Waals surface area contributed by atoms with Crippen molar-refractivity contribution in [1.82, 2.24) is 10.2 Å². The van der Waals surface area contributed by atoms with E-state index in [1.165, 1.54) is 29.3 Å². The number of benzene rings is 2. The lowest BCUT2D eigenvalue weighted by molar-refractivity contribution is 0.0838. The fourth-order valence-corrected chi connectivity index (χ4v) is 3.02. The van der Waals surface area contributed by atoms with Crippen LogP contribution in [0, 0.1) is 5.82 Å². The predicted octanol–water partition coefficient (Wildman–Crippen LogP) is 1.97. The molecule has 2 aromatic carbocycles. The molecular weight excluding hydrogens is 307 g/mol. The van der Waals surface area contributed by atoms with E-state index in [0.29, 0.717) is 6.54 Å². The summed E-state index contributed by atoms with van der Waals surface area (Å²) in [5, 5.41) is 12.8. The number of carbonyl (C=O) groups is 1. The molecule has 3 rings (SSSR count). The third kappa shape index (κ3) is 3.99. The molecule has 5 heteroatoms. The molecular formula is C19H21FN2O2. The molecule has 1 amide bonds. The van der Waals surface area contributed by atoms with Gasteiger partial charge in [0.2, 0.25) is 0 Å². The van der Waals surface area contributed by atoms with Crippen LogP contribution in [0.15, 0.2) is 48.5 Å². The van der Waals surface area contributed by atoms with Gasteiger partial charge in [-0.3, -0.25) is 9.69 Å². The molecule has 1 atom stereocenters. The van der Waals surface area contributed by atoms with Gasteiger partial charge in [-0.25, -0.2) is 4.39 Å². The number of β-amino-alcohol motifs (C(OH)–C–C–N with tert-alkyl or cyclic N) is 1. The van der Waals surface area contributed by atoms with E-state index in [4.69, 9.17) is 0 Å². The van der Waals surface area contributed by atoms with E-state index in [-0.39, 0.29) is 12.1 Å². The highest BCUT2D eigenvalue weighted by Gasteiger charge is 2.19. The minimum absolute atomic E-state index is 0.00315. The number of nitrogens with zero attached hydrogens (tertiary/aromatic N) is 1. The van der Waals surface area contributed by atoms with Gasteiger partial charge in [0.1, 0.15) is 5.82 Å². The van der Waals surface area contributed by atoms with Gasteiger partial charge in [0.15, 0.2) is 0 Å². The van der Waals surface area contributed by atoms with Crippen LogP contribution in [0.1, 0.15) is 21.5 Å². The second-order valence-corrected chi connectivity index (χ2v) is 6.10. The van der Waals surface area contributed by atoms with Crippen LogP contribution in [0.3, 0.4) is 0 Å². The van der Waals surface area contributed by atoms with Gasteiger partial charge < -0.3 is 10.4 Å². The summed E-state index contributed by atoms with van der Waals surface area (Å²) in [7, 11) is 0. The third-order valence-corrected chi connectivity index (χ3v) is 4.30. The van der Waals surface area contributed by atoms with E-state index in [1.54, 1.807) is 6.07 Å². The zero-order valence-corrected chi connectivity index (χ0v) is 13.4. The molecule has 1 aliphatic heterocycles. The van der Waals surface area contributed by atoms with Crippen molar-refractivity contribution in [3.05, 3.63) is 71.0 Å². The first-order chi connectivity index (χ1) is 11.6. The Labute approximate surface area is 140 Å².